The van der Waals surface area contributed by atoms with Gasteiger partial charge in [0, 0.05) is 5.75 Å². The summed E-state index contributed by atoms with van der Waals surface area (Å²) in [6, 6.07) is 8.58. The van der Waals surface area contributed by atoms with E-state index >= 15 is 0 Å². The summed E-state index contributed by atoms with van der Waals surface area (Å²) in [5.41, 5.74) is 3.80. The number of aryl methyl sites for hydroxylation is 1. The van der Waals surface area contributed by atoms with Crippen LogP contribution in [0, 0.1) is 0 Å². The van der Waals surface area contributed by atoms with Gasteiger partial charge >= 0.3 is 0 Å². The molecule has 3 N–H and O–H groups in total. The lowest BCUT2D eigenvalue weighted by molar-refractivity contribution is 0.0313. The Morgan fingerprint density at radius 1 is 1.21 bits per heavy atom. The van der Waals surface area contributed by atoms with Crippen LogP contribution in [0.25, 0.3) is 11.2 Å². The molecule has 0 amide bonds. The van der Waals surface area contributed by atoms with E-state index in [9.17, 15) is 10.2 Å². The van der Waals surface area contributed by atoms with E-state index in [-0.39, 0.29) is 16.7 Å². The van der Waals surface area contributed by atoms with Gasteiger partial charge in [-0.05, 0) is 42.0 Å². The molecule has 0 spiro atoms. The van der Waals surface area contributed by atoms with E-state index in [1.54, 1.807) is 10.9 Å². The third kappa shape index (κ3) is 3.04. The average molecular weight is 418 g/mol. The fraction of sp³-hybridized carbons (Fsp3) is 0.421. The fourth-order valence-corrected chi connectivity index (χ4v) is 5.52. The Morgan fingerprint density at radius 3 is 2.89 bits per heavy atom. The standard InChI is InChI=1S/C19H20ClN5O2S/c20-19-23-16(22-12-7-3-5-10-4-1-2-6-11(10)12)14-17(24-19)25(9-21-14)18-15(27)13(26)8-28-18/h1-2,4,6,9,12-13,15,18,26-27H,3,5,7-8H2,(H,22,23,24)/t12?,13-,15-,18-/m1/s1. The van der Waals surface area contributed by atoms with Crippen LogP contribution in [0.3, 0.4) is 0 Å². The third-order valence-corrected chi connectivity index (χ3v) is 7.02. The van der Waals surface area contributed by atoms with Crippen molar-refractivity contribution >= 4 is 40.3 Å². The van der Waals surface area contributed by atoms with Gasteiger partial charge in [-0.2, -0.15) is 9.97 Å². The average Bonchev–Trinajstić information content (AvgIpc) is 3.25. The molecular weight excluding hydrogens is 398 g/mol. The number of imidazole rings is 1. The van der Waals surface area contributed by atoms with Crippen LogP contribution in [0.2, 0.25) is 5.28 Å². The van der Waals surface area contributed by atoms with E-state index < -0.39 is 12.2 Å². The zero-order valence-electron chi connectivity index (χ0n) is 15.0. The number of benzene rings is 1. The molecule has 1 saturated heterocycles. The third-order valence-electron chi connectivity index (χ3n) is 5.47. The number of nitrogens with one attached hydrogen (secondary N) is 1. The minimum absolute atomic E-state index is 0.124. The molecule has 0 bridgehead atoms. The van der Waals surface area contributed by atoms with E-state index in [2.05, 4.69) is 44.5 Å². The van der Waals surface area contributed by atoms with Crippen molar-refractivity contribution in [3.8, 4) is 0 Å². The van der Waals surface area contributed by atoms with Gasteiger partial charge in [-0.15, -0.1) is 11.8 Å². The number of hydrogen-bond acceptors (Lipinski definition) is 7. The summed E-state index contributed by atoms with van der Waals surface area (Å²) in [7, 11) is 0. The zero-order valence-corrected chi connectivity index (χ0v) is 16.6. The van der Waals surface area contributed by atoms with Crippen molar-refractivity contribution in [2.45, 2.75) is 42.9 Å². The van der Waals surface area contributed by atoms with Gasteiger partial charge in [0.25, 0.3) is 0 Å². The van der Waals surface area contributed by atoms with Crippen molar-refractivity contribution in [3.05, 3.63) is 47.0 Å². The SMILES string of the molecule is O[C@@H]1[C@H](O)CS[C@H]1n1cnc2c(NC3CCCc4ccccc43)nc(Cl)nc21. The maximum absolute atomic E-state index is 10.3. The molecule has 7 nitrogen and oxygen atoms in total. The summed E-state index contributed by atoms with van der Waals surface area (Å²) in [5.74, 6) is 1.06. The van der Waals surface area contributed by atoms with E-state index in [1.165, 1.54) is 22.9 Å². The molecule has 3 aromatic rings. The van der Waals surface area contributed by atoms with Gasteiger partial charge in [-0.25, -0.2) is 4.98 Å². The highest BCUT2D eigenvalue weighted by molar-refractivity contribution is 7.99. The number of hydrogen-bond donors (Lipinski definition) is 3. The minimum atomic E-state index is -0.877. The van der Waals surface area contributed by atoms with Gasteiger partial charge in [-0.3, -0.25) is 4.57 Å². The predicted octanol–water partition coefficient (Wildman–Crippen LogP) is 2.94. The van der Waals surface area contributed by atoms with Gasteiger partial charge < -0.3 is 15.5 Å². The lowest BCUT2D eigenvalue weighted by Crippen LogP contribution is -2.27. The Labute approximate surface area is 171 Å². The molecule has 2 aliphatic rings. The van der Waals surface area contributed by atoms with Crippen molar-refractivity contribution in [3.63, 3.8) is 0 Å². The molecule has 2 aromatic heterocycles. The summed E-state index contributed by atoms with van der Waals surface area (Å²) >= 11 is 7.69. The zero-order chi connectivity index (χ0) is 19.3. The largest absolute Gasteiger partial charge is 0.389 e. The molecule has 0 saturated carbocycles. The number of nitrogens with zero attached hydrogens (tertiary/aromatic N) is 4. The number of fused-ring (bicyclic) bond motifs is 2. The molecule has 1 fully saturated rings. The summed E-state index contributed by atoms with van der Waals surface area (Å²) in [6.45, 7) is 0. The number of thioether (sulfide) groups is 1. The van der Waals surface area contributed by atoms with Crippen molar-refractivity contribution < 1.29 is 10.2 Å². The summed E-state index contributed by atoms with van der Waals surface area (Å²) in [4.78, 5) is 13.2. The summed E-state index contributed by atoms with van der Waals surface area (Å²) in [5, 5.41) is 23.5. The highest BCUT2D eigenvalue weighted by Crippen LogP contribution is 2.39. The molecule has 1 aromatic carbocycles. The van der Waals surface area contributed by atoms with E-state index in [4.69, 9.17) is 11.6 Å². The number of aromatic nitrogens is 4. The summed E-state index contributed by atoms with van der Waals surface area (Å²) < 4.78 is 1.77. The quantitative estimate of drug-likeness (QED) is 0.564. The molecule has 1 aliphatic carbocycles. The first-order valence-electron chi connectivity index (χ1n) is 9.34. The number of rotatable bonds is 3. The normalized spacial score (nSPS) is 27.1. The van der Waals surface area contributed by atoms with Crippen LogP contribution in [0.15, 0.2) is 30.6 Å². The van der Waals surface area contributed by atoms with Crippen molar-refractivity contribution in [2.75, 3.05) is 11.1 Å². The first-order chi connectivity index (χ1) is 13.6. The molecule has 3 heterocycles. The molecule has 1 aliphatic heterocycles. The Kier molecular flexibility index (Phi) is 4.66. The first kappa shape index (κ1) is 18.2. The van der Waals surface area contributed by atoms with Crippen LogP contribution in [-0.2, 0) is 6.42 Å². The molecule has 28 heavy (non-hydrogen) atoms. The number of halogens is 1. The van der Waals surface area contributed by atoms with Gasteiger partial charge in [0.05, 0.1) is 18.5 Å². The molecular formula is C19H20ClN5O2S. The minimum Gasteiger partial charge on any atom is -0.389 e. The fourth-order valence-electron chi connectivity index (χ4n) is 4.07. The van der Waals surface area contributed by atoms with Gasteiger partial charge in [-0.1, -0.05) is 24.3 Å². The van der Waals surface area contributed by atoms with E-state index in [0.717, 1.165) is 19.3 Å². The monoisotopic (exact) mass is 417 g/mol. The Morgan fingerprint density at radius 2 is 2.07 bits per heavy atom. The topological polar surface area (TPSA) is 96.1 Å². The van der Waals surface area contributed by atoms with E-state index in [0.29, 0.717) is 22.7 Å². The second-order valence-electron chi connectivity index (χ2n) is 7.24. The number of aliphatic hydroxyl groups is 2. The molecule has 146 valence electrons. The molecule has 4 atom stereocenters. The molecule has 0 radical (unpaired) electrons. The van der Waals surface area contributed by atoms with Gasteiger partial charge in [0.1, 0.15) is 11.5 Å². The highest BCUT2D eigenvalue weighted by atomic mass is 35.5. The maximum atomic E-state index is 10.3. The lowest BCUT2D eigenvalue weighted by atomic mass is 9.88. The highest BCUT2D eigenvalue weighted by Gasteiger charge is 2.36. The molecule has 1 unspecified atom stereocenters. The maximum Gasteiger partial charge on any atom is 0.226 e. The predicted molar refractivity (Wildman–Crippen MR) is 110 cm³/mol. The lowest BCUT2D eigenvalue weighted by Gasteiger charge is -2.26. The molecule has 5 rings (SSSR count). The van der Waals surface area contributed by atoms with Crippen molar-refractivity contribution in [1.29, 1.82) is 0 Å². The Bertz CT molecular complexity index is 1030. The Hall–Kier alpha value is -1.87. The van der Waals surface area contributed by atoms with Crippen LogP contribution in [-0.4, -0.2) is 47.7 Å². The van der Waals surface area contributed by atoms with Crippen LogP contribution in [0.1, 0.15) is 35.4 Å². The summed E-state index contributed by atoms with van der Waals surface area (Å²) in [6.07, 6.45) is 3.19. The van der Waals surface area contributed by atoms with Crippen LogP contribution >= 0.6 is 23.4 Å². The van der Waals surface area contributed by atoms with Gasteiger partial charge in [0.2, 0.25) is 5.28 Å². The van der Waals surface area contributed by atoms with Crippen LogP contribution in [0.4, 0.5) is 5.82 Å². The number of anilines is 1. The number of aliphatic hydroxyl groups excluding tert-OH is 2. The smallest absolute Gasteiger partial charge is 0.226 e. The van der Waals surface area contributed by atoms with Crippen molar-refractivity contribution in [1.82, 2.24) is 19.5 Å². The van der Waals surface area contributed by atoms with Crippen LogP contribution in [0.5, 0.6) is 0 Å². The second-order valence-corrected chi connectivity index (χ2v) is 8.72. The van der Waals surface area contributed by atoms with Gasteiger partial charge in [0.15, 0.2) is 17.0 Å². The van der Waals surface area contributed by atoms with E-state index in [1.807, 2.05) is 0 Å². The first-order valence-corrected chi connectivity index (χ1v) is 10.8. The molecule has 9 heteroatoms. The van der Waals surface area contributed by atoms with Crippen molar-refractivity contribution in [2.24, 2.45) is 0 Å². The second kappa shape index (κ2) is 7.18. The Balaban J connectivity index is 1.53. The van der Waals surface area contributed by atoms with Crippen LogP contribution < -0.4 is 5.32 Å².